The van der Waals surface area contributed by atoms with Crippen LogP contribution in [0.15, 0.2) is 24.3 Å². The Morgan fingerprint density at radius 3 is 2.85 bits per heavy atom. The number of carbonyl (C=O) groups excluding carboxylic acids is 1. The Balaban J connectivity index is 2.81. The standard InChI is InChI=1S/C10H8O2S/c1-12-10-7-4-2-3-5-8(7)13-9(10)6-11/h2-6H,1H3. The van der Waals surface area contributed by atoms with E-state index in [1.54, 1.807) is 7.11 Å². The Bertz CT molecular complexity index is 445. The minimum absolute atomic E-state index is 0.656. The number of aldehydes is 1. The minimum atomic E-state index is 0.656. The summed E-state index contributed by atoms with van der Waals surface area (Å²) in [4.78, 5) is 11.3. The van der Waals surface area contributed by atoms with Gasteiger partial charge < -0.3 is 4.74 Å². The van der Waals surface area contributed by atoms with Crippen molar-refractivity contribution < 1.29 is 9.53 Å². The third-order valence-corrected chi connectivity index (χ3v) is 2.96. The van der Waals surface area contributed by atoms with Gasteiger partial charge in [-0.15, -0.1) is 11.3 Å². The van der Waals surface area contributed by atoms with E-state index < -0.39 is 0 Å². The van der Waals surface area contributed by atoms with Gasteiger partial charge in [0.1, 0.15) is 10.6 Å². The Kier molecular flexibility index (Phi) is 2.02. The molecule has 0 spiro atoms. The van der Waals surface area contributed by atoms with Gasteiger partial charge in [0.15, 0.2) is 6.29 Å². The maximum Gasteiger partial charge on any atom is 0.163 e. The predicted octanol–water partition coefficient (Wildman–Crippen LogP) is 2.72. The molecule has 13 heavy (non-hydrogen) atoms. The van der Waals surface area contributed by atoms with Crippen LogP contribution in [0.3, 0.4) is 0 Å². The van der Waals surface area contributed by atoms with Crippen LogP contribution < -0.4 is 4.74 Å². The Morgan fingerprint density at radius 1 is 1.38 bits per heavy atom. The molecule has 0 bridgehead atoms. The Labute approximate surface area is 79.8 Å². The molecule has 0 N–H and O–H groups in total. The van der Waals surface area contributed by atoms with Crippen LogP contribution in [0.25, 0.3) is 10.1 Å². The van der Waals surface area contributed by atoms with Gasteiger partial charge in [0, 0.05) is 10.1 Å². The lowest BCUT2D eigenvalue weighted by molar-refractivity contribution is 0.112. The number of benzene rings is 1. The molecule has 66 valence electrons. The van der Waals surface area contributed by atoms with Gasteiger partial charge in [0.05, 0.1) is 7.11 Å². The van der Waals surface area contributed by atoms with Crippen molar-refractivity contribution in [3.63, 3.8) is 0 Å². The van der Waals surface area contributed by atoms with E-state index in [-0.39, 0.29) is 0 Å². The van der Waals surface area contributed by atoms with Gasteiger partial charge in [0.25, 0.3) is 0 Å². The molecular formula is C10H8O2S. The fourth-order valence-corrected chi connectivity index (χ4v) is 2.32. The fourth-order valence-electron chi connectivity index (χ4n) is 1.33. The SMILES string of the molecule is COc1c(C=O)sc2ccccc12. The van der Waals surface area contributed by atoms with E-state index in [9.17, 15) is 4.79 Å². The molecular weight excluding hydrogens is 184 g/mol. The summed E-state index contributed by atoms with van der Waals surface area (Å²) in [5, 5.41) is 1.01. The highest BCUT2D eigenvalue weighted by Gasteiger charge is 2.10. The second-order valence-corrected chi connectivity index (χ2v) is 3.70. The van der Waals surface area contributed by atoms with E-state index in [0.717, 1.165) is 16.4 Å². The lowest BCUT2D eigenvalue weighted by Gasteiger charge is -1.96. The molecule has 0 radical (unpaired) electrons. The molecule has 1 aromatic heterocycles. The van der Waals surface area contributed by atoms with Crippen LogP contribution in [-0.4, -0.2) is 13.4 Å². The molecule has 0 atom stereocenters. The summed E-state index contributed by atoms with van der Waals surface area (Å²) >= 11 is 1.46. The van der Waals surface area contributed by atoms with Gasteiger partial charge in [-0.25, -0.2) is 0 Å². The molecule has 2 rings (SSSR count). The monoisotopic (exact) mass is 192 g/mol. The summed E-state index contributed by atoms with van der Waals surface area (Å²) < 4.78 is 6.25. The average molecular weight is 192 g/mol. The topological polar surface area (TPSA) is 26.3 Å². The number of thiophene rings is 1. The van der Waals surface area contributed by atoms with Crippen molar-refractivity contribution in [3.05, 3.63) is 29.1 Å². The molecule has 0 aliphatic heterocycles. The average Bonchev–Trinajstić information content (AvgIpc) is 2.55. The summed E-state index contributed by atoms with van der Waals surface area (Å²) in [6.45, 7) is 0. The lowest BCUT2D eigenvalue weighted by Crippen LogP contribution is -1.84. The highest BCUT2D eigenvalue weighted by atomic mass is 32.1. The van der Waals surface area contributed by atoms with Crippen molar-refractivity contribution in [2.75, 3.05) is 7.11 Å². The molecule has 0 saturated heterocycles. The zero-order valence-electron chi connectivity index (χ0n) is 7.11. The first kappa shape index (κ1) is 8.26. The van der Waals surface area contributed by atoms with E-state index in [4.69, 9.17) is 4.74 Å². The molecule has 3 heteroatoms. The van der Waals surface area contributed by atoms with Gasteiger partial charge in [-0.2, -0.15) is 0 Å². The summed E-state index contributed by atoms with van der Waals surface area (Å²) in [5.41, 5.74) is 0. The molecule has 0 amide bonds. The van der Waals surface area contributed by atoms with Crippen LogP contribution in [0.2, 0.25) is 0 Å². The summed E-state index contributed by atoms with van der Waals surface area (Å²) in [6, 6.07) is 7.83. The quantitative estimate of drug-likeness (QED) is 0.684. The third-order valence-electron chi connectivity index (χ3n) is 1.89. The second-order valence-electron chi connectivity index (χ2n) is 2.61. The van der Waals surface area contributed by atoms with Gasteiger partial charge >= 0.3 is 0 Å². The first-order chi connectivity index (χ1) is 6.36. The van der Waals surface area contributed by atoms with Crippen molar-refractivity contribution >= 4 is 27.7 Å². The molecule has 0 unspecified atom stereocenters. The highest BCUT2D eigenvalue weighted by molar-refractivity contribution is 7.21. The normalized spacial score (nSPS) is 10.2. The van der Waals surface area contributed by atoms with Crippen molar-refractivity contribution in [2.45, 2.75) is 0 Å². The van der Waals surface area contributed by atoms with Crippen LogP contribution in [-0.2, 0) is 0 Å². The molecule has 1 aromatic carbocycles. The van der Waals surface area contributed by atoms with E-state index in [2.05, 4.69) is 0 Å². The van der Waals surface area contributed by atoms with Crippen molar-refractivity contribution in [1.82, 2.24) is 0 Å². The van der Waals surface area contributed by atoms with Gasteiger partial charge in [-0.05, 0) is 12.1 Å². The van der Waals surface area contributed by atoms with Gasteiger partial charge in [0.2, 0.25) is 0 Å². The van der Waals surface area contributed by atoms with Crippen molar-refractivity contribution in [1.29, 1.82) is 0 Å². The highest BCUT2D eigenvalue weighted by Crippen LogP contribution is 2.35. The molecule has 2 nitrogen and oxygen atoms in total. The largest absolute Gasteiger partial charge is 0.494 e. The number of ether oxygens (including phenoxy) is 1. The molecule has 0 aliphatic carbocycles. The molecule has 0 saturated carbocycles. The second kappa shape index (κ2) is 3.18. The molecule has 0 aliphatic rings. The number of fused-ring (bicyclic) bond motifs is 1. The lowest BCUT2D eigenvalue weighted by atomic mass is 10.2. The number of hydrogen-bond donors (Lipinski definition) is 0. The molecule has 1 heterocycles. The molecule has 2 aromatic rings. The van der Waals surface area contributed by atoms with Crippen LogP contribution in [0.4, 0.5) is 0 Å². The van der Waals surface area contributed by atoms with E-state index in [1.807, 2.05) is 24.3 Å². The minimum Gasteiger partial charge on any atom is -0.494 e. The Hall–Kier alpha value is -1.35. The zero-order valence-corrected chi connectivity index (χ0v) is 7.93. The maximum atomic E-state index is 10.7. The van der Waals surface area contributed by atoms with E-state index >= 15 is 0 Å². The smallest absolute Gasteiger partial charge is 0.163 e. The van der Waals surface area contributed by atoms with Crippen LogP contribution in [0.1, 0.15) is 9.67 Å². The fraction of sp³-hybridized carbons (Fsp3) is 0.100. The third kappa shape index (κ3) is 1.21. The summed E-state index contributed by atoms with van der Waals surface area (Å²) in [6.07, 6.45) is 0.837. The summed E-state index contributed by atoms with van der Waals surface area (Å²) in [7, 11) is 1.58. The van der Waals surface area contributed by atoms with E-state index in [0.29, 0.717) is 10.6 Å². The first-order valence-corrected chi connectivity index (χ1v) is 4.69. The zero-order chi connectivity index (χ0) is 9.26. The number of rotatable bonds is 2. The molecule has 0 fully saturated rings. The Morgan fingerprint density at radius 2 is 2.15 bits per heavy atom. The first-order valence-electron chi connectivity index (χ1n) is 3.87. The predicted molar refractivity (Wildman–Crippen MR) is 53.8 cm³/mol. The van der Waals surface area contributed by atoms with Crippen LogP contribution in [0.5, 0.6) is 5.75 Å². The number of carbonyl (C=O) groups is 1. The van der Waals surface area contributed by atoms with Crippen LogP contribution >= 0.6 is 11.3 Å². The van der Waals surface area contributed by atoms with Gasteiger partial charge in [-0.1, -0.05) is 12.1 Å². The van der Waals surface area contributed by atoms with Crippen molar-refractivity contribution in [3.8, 4) is 5.75 Å². The maximum absolute atomic E-state index is 10.7. The van der Waals surface area contributed by atoms with Gasteiger partial charge in [-0.3, -0.25) is 4.79 Å². The summed E-state index contributed by atoms with van der Waals surface area (Å²) in [5.74, 6) is 0.690. The van der Waals surface area contributed by atoms with Crippen molar-refractivity contribution in [2.24, 2.45) is 0 Å². The number of hydrogen-bond acceptors (Lipinski definition) is 3. The van der Waals surface area contributed by atoms with E-state index in [1.165, 1.54) is 11.3 Å². The number of methoxy groups -OCH3 is 1. The van der Waals surface area contributed by atoms with Crippen LogP contribution in [0, 0.1) is 0 Å².